The number of halogens is 6. The van der Waals surface area contributed by atoms with Crippen molar-refractivity contribution in [2.45, 2.75) is 31.2 Å². The maximum Gasteiger partial charge on any atom is 0.422 e. The summed E-state index contributed by atoms with van der Waals surface area (Å²) in [6.45, 7) is -0.725. The number of aromatic nitrogens is 2. The smallest absolute Gasteiger partial charge is 0.422 e. The Balaban J connectivity index is 1.77. The third-order valence-corrected chi connectivity index (χ3v) is 5.18. The second-order valence-corrected chi connectivity index (χ2v) is 7.78. The van der Waals surface area contributed by atoms with Crippen molar-refractivity contribution in [3.8, 4) is 16.9 Å². The molecule has 0 aliphatic carbocycles. The van der Waals surface area contributed by atoms with Crippen LogP contribution in [0.5, 0.6) is 5.75 Å². The first-order chi connectivity index (χ1) is 16.0. The van der Waals surface area contributed by atoms with Gasteiger partial charge in [-0.3, -0.25) is 4.79 Å². The predicted octanol–water partition coefficient (Wildman–Crippen LogP) is 4.87. The number of nitrogens with zero attached hydrogens (tertiary/aromatic N) is 2. The van der Waals surface area contributed by atoms with Gasteiger partial charge in [-0.05, 0) is 25.0 Å². The molecule has 1 atom stereocenters. The van der Waals surface area contributed by atoms with Gasteiger partial charge < -0.3 is 19.2 Å². The molecule has 1 amide bonds. The highest BCUT2D eigenvalue weighted by Gasteiger charge is 2.33. The number of alkyl halides is 6. The van der Waals surface area contributed by atoms with Gasteiger partial charge in [0.15, 0.2) is 6.61 Å². The average molecular weight is 487 g/mol. The van der Waals surface area contributed by atoms with Crippen LogP contribution in [0, 0.1) is 0 Å². The van der Waals surface area contributed by atoms with Crippen LogP contribution in [0.3, 0.4) is 0 Å². The minimum absolute atomic E-state index is 0.0268. The Morgan fingerprint density at radius 2 is 1.91 bits per heavy atom. The molecule has 4 rings (SSSR count). The molecule has 1 N–H and O–H groups in total. The number of carbonyl (C=O) groups is 1. The Hall–Kier alpha value is -3.28. The van der Waals surface area contributed by atoms with E-state index < -0.39 is 30.4 Å². The Labute approximate surface area is 189 Å². The summed E-state index contributed by atoms with van der Waals surface area (Å²) >= 11 is 0. The molecule has 0 bridgehead atoms. The number of ether oxygens (including phenoxy) is 2. The fourth-order valence-electron chi connectivity index (χ4n) is 3.65. The molecule has 34 heavy (non-hydrogen) atoms. The van der Waals surface area contributed by atoms with Crippen molar-refractivity contribution >= 4 is 11.6 Å². The molecule has 3 aromatic rings. The van der Waals surface area contributed by atoms with E-state index in [-0.39, 0.29) is 34.3 Å². The van der Waals surface area contributed by atoms with E-state index in [0.29, 0.717) is 19.6 Å². The zero-order chi connectivity index (χ0) is 24.5. The molecule has 1 saturated heterocycles. The fourth-order valence-corrected chi connectivity index (χ4v) is 3.65. The molecule has 12 heteroatoms. The van der Waals surface area contributed by atoms with Crippen LogP contribution in [0.4, 0.5) is 26.3 Å². The number of benzene rings is 1. The Kier molecular flexibility index (Phi) is 6.43. The lowest BCUT2D eigenvalue weighted by Crippen LogP contribution is -2.40. The van der Waals surface area contributed by atoms with E-state index in [1.807, 2.05) is 0 Å². The average Bonchev–Trinajstić information content (AvgIpc) is 3.21. The van der Waals surface area contributed by atoms with E-state index in [0.717, 1.165) is 29.3 Å². The summed E-state index contributed by atoms with van der Waals surface area (Å²) in [5.74, 6) is -0.866. The minimum Gasteiger partial charge on any atom is -0.483 e. The SMILES string of the molecule is O=C(NC1CCCOC1)c1cn2cc(C(F)(F)F)cc(-c3ccccc3OCC(F)(F)F)c2n1. The molecule has 1 aliphatic heterocycles. The number of hydrogen-bond acceptors (Lipinski definition) is 4. The van der Waals surface area contributed by atoms with Crippen LogP contribution in [-0.4, -0.2) is 47.3 Å². The molecule has 2 aromatic heterocycles. The fraction of sp³-hybridized carbons (Fsp3) is 0.364. The van der Waals surface area contributed by atoms with Gasteiger partial charge in [-0.2, -0.15) is 26.3 Å². The van der Waals surface area contributed by atoms with Gasteiger partial charge in [0, 0.05) is 30.1 Å². The number of pyridine rings is 1. The van der Waals surface area contributed by atoms with E-state index in [2.05, 4.69) is 10.3 Å². The summed E-state index contributed by atoms with van der Waals surface area (Å²) in [4.78, 5) is 16.9. The number of rotatable bonds is 5. The summed E-state index contributed by atoms with van der Waals surface area (Å²) < 4.78 is 90.0. The van der Waals surface area contributed by atoms with E-state index in [1.54, 1.807) is 0 Å². The van der Waals surface area contributed by atoms with Crippen LogP contribution < -0.4 is 10.1 Å². The maximum atomic E-state index is 13.6. The molecule has 0 spiro atoms. The van der Waals surface area contributed by atoms with Crippen molar-refractivity contribution < 1.29 is 40.6 Å². The molecular weight excluding hydrogens is 468 g/mol. The second-order valence-electron chi connectivity index (χ2n) is 7.78. The van der Waals surface area contributed by atoms with Gasteiger partial charge in [0.2, 0.25) is 0 Å². The van der Waals surface area contributed by atoms with Crippen molar-refractivity contribution in [3.05, 3.63) is 54.0 Å². The van der Waals surface area contributed by atoms with Crippen LogP contribution in [0.2, 0.25) is 0 Å². The largest absolute Gasteiger partial charge is 0.483 e. The molecular formula is C22H19F6N3O3. The molecule has 6 nitrogen and oxygen atoms in total. The lowest BCUT2D eigenvalue weighted by Gasteiger charge is -2.22. The summed E-state index contributed by atoms with van der Waals surface area (Å²) in [5.41, 5.74) is -1.40. The lowest BCUT2D eigenvalue weighted by atomic mass is 10.0. The van der Waals surface area contributed by atoms with Gasteiger partial charge in [-0.15, -0.1) is 0 Å². The van der Waals surface area contributed by atoms with E-state index in [9.17, 15) is 31.1 Å². The molecule has 182 valence electrons. The van der Waals surface area contributed by atoms with Crippen molar-refractivity contribution in [1.82, 2.24) is 14.7 Å². The highest BCUT2D eigenvalue weighted by atomic mass is 19.4. The Morgan fingerprint density at radius 1 is 1.15 bits per heavy atom. The number of fused-ring (bicyclic) bond motifs is 1. The highest BCUT2D eigenvalue weighted by molar-refractivity contribution is 5.94. The van der Waals surface area contributed by atoms with Crippen LogP contribution in [0.15, 0.2) is 42.7 Å². The highest BCUT2D eigenvalue weighted by Crippen LogP contribution is 2.38. The normalized spacial score (nSPS) is 17.1. The predicted molar refractivity (Wildman–Crippen MR) is 108 cm³/mol. The zero-order valence-electron chi connectivity index (χ0n) is 17.5. The number of hydrogen-bond donors (Lipinski definition) is 1. The van der Waals surface area contributed by atoms with Crippen LogP contribution in [0.1, 0.15) is 28.9 Å². The number of carbonyl (C=O) groups excluding carboxylic acids is 1. The molecule has 1 aromatic carbocycles. The van der Waals surface area contributed by atoms with Crippen molar-refractivity contribution in [1.29, 1.82) is 0 Å². The third kappa shape index (κ3) is 5.44. The van der Waals surface area contributed by atoms with E-state index >= 15 is 0 Å². The van der Waals surface area contributed by atoms with Crippen LogP contribution >= 0.6 is 0 Å². The monoisotopic (exact) mass is 487 g/mol. The first-order valence-electron chi connectivity index (χ1n) is 10.3. The van der Waals surface area contributed by atoms with Crippen LogP contribution in [-0.2, 0) is 10.9 Å². The van der Waals surface area contributed by atoms with Crippen LogP contribution in [0.25, 0.3) is 16.8 Å². The Morgan fingerprint density at radius 3 is 2.59 bits per heavy atom. The molecule has 1 unspecified atom stereocenters. The summed E-state index contributed by atoms with van der Waals surface area (Å²) in [6.07, 6.45) is -6.04. The first kappa shape index (κ1) is 23.9. The van der Waals surface area contributed by atoms with Gasteiger partial charge in [-0.1, -0.05) is 18.2 Å². The van der Waals surface area contributed by atoms with Crippen molar-refractivity contribution in [2.24, 2.45) is 0 Å². The van der Waals surface area contributed by atoms with Gasteiger partial charge in [0.05, 0.1) is 18.2 Å². The molecule has 0 saturated carbocycles. The van der Waals surface area contributed by atoms with Gasteiger partial charge >= 0.3 is 12.4 Å². The maximum absolute atomic E-state index is 13.6. The second kappa shape index (κ2) is 9.16. The molecule has 3 heterocycles. The molecule has 1 aliphatic rings. The topological polar surface area (TPSA) is 64.9 Å². The summed E-state index contributed by atoms with van der Waals surface area (Å²) in [5, 5.41) is 2.74. The lowest BCUT2D eigenvalue weighted by molar-refractivity contribution is -0.153. The zero-order valence-corrected chi connectivity index (χ0v) is 17.5. The van der Waals surface area contributed by atoms with Gasteiger partial charge in [0.25, 0.3) is 5.91 Å². The van der Waals surface area contributed by atoms with E-state index in [4.69, 9.17) is 9.47 Å². The van der Waals surface area contributed by atoms with Crippen molar-refractivity contribution in [3.63, 3.8) is 0 Å². The minimum atomic E-state index is -4.75. The standard InChI is InChI=1S/C22H19F6N3O3/c23-21(24,25)12-34-18-6-2-1-5-15(18)16-8-13(22(26,27)28)9-31-10-17(30-19(16)31)20(32)29-14-4-3-7-33-11-14/h1-2,5-6,8-10,14H,3-4,7,11-12H2,(H,29,32). The molecule has 0 radical (unpaired) electrons. The molecule has 1 fully saturated rings. The third-order valence-electron chi connectivity index (χ3n) is 5.18. The van der Waals surface area contributed by atoms with E-state index in [1.165, 1.54) is 24.3 Å². The van der Waals surface area contributed by atoms with Crippen molar-refractivity contribution in [2.75, 3.05) is 19.8 Å². The summed E-state index contributed by atoms with van der Waals surface area (Å²) in [7, 11) is 0. The number of nitrogens with one attached hydrogen (secondary N) is 1. The Bertz CT molecular complexity index is 1180. The number of amides is 1. The quantitative estimate of drug-likeness (QED) is 0.522. The van der Waals surface area contributed by atoms with Gasteiger partial charge in [0.1, 0.15) is 17.1 Å². The van der Waals surface area contributed by atoms with Gasteiger partial charge in [-0.25, -0.2) is 4.98 Å². The summed E-state index contributed by atoms with van der Waals surface area (Å²) in [6, 6.07) is 5.91. The first-order valence-corrected chi connectivity index (χ1v) is 10.3. The number of para-hydroxylation sites is 1. The number of imidazole rings is 1.